The Bertz CT molecular complexity index is 1250. The third-order valence-electron chi connectivity index (χ3n) is 7.83. The van der Waals surface area contributed by atoms with Crippen LogP contribution in [0, 0.1) is 0 Å². The fourth-order valence-electron chi connectivity index (χ4n) is 5.84. The Morgan fingerprint density at radius 3 is 1.40 bits per heavy atom. The van der Waals surface area contributed by atoms with Crippen molar-refractivity contribution >= 4 is 23.5 Å². The summed E-state index contributed by atoms with van der Waals surface area (Å²) >= 11 is 0. The molecule has 2 aromatic rings. The van der Waals surface area contributed by atoms with E-state index in [1.165, 1.54) is 0 Å². The van der Waals surface area contributed by atoms with E-state index in [4.69, 9.17) is 18.9 Å². The standard InChI is InChI=1S/C28H36N4O8/c1-5-39-27(35)19-17(15-31-7-11-37-12-8-31)29(3)23-21(19)25(33)22-20(28(36)40-6-2)18(30(4)24(22)26(23)34)16-32-9-13-38-14-10-32/h5-16H2,1-4H3. The highest BCUT2D eigenvalue weighted by molar-refractivity contribution is 6.32. The molecule has 0 amide bonds. The minimum atomic E-state index is -0.672. The lowest BCUT2D eigenvalue weighted by Gasteiger charge is -2.27. The topological polar surface area (TPSA) is 122 Å². The Kier molecular flexibility index (Phi) is 8.22. The number of ether oxygens (including phenoxy) is 4. The van der Waals surface area contributed by atoms with Crippen LogP contribution < -0.4 is 0 Å². The van der Waals surface area contributed by atoms with Gasteiger partial charge in [0, 0.05) is 64.8 Å². The first-order chi connectivity index (χ1) is 19.3. The predicted molar refractivity (Wildman–Crippen MR) is 142 cm³/mol. The molecular formula is C28H36N4O8. The van der Waals surface area contributed by atoms with Crippen LogP contribution in [0.15, 0.2) is 0 Å². The van der Waals surface area contributed by atoms with Crippen molar-refractivity contribution in [1.29, 1.82) is 0 Å². The zero-order valence-corrected chi connectivity index (χ0v) is 23.5. The van der Waals surface area contributed by atoms with Crippen LogP contribution in [0.3, 0.4) is 0 Å². The van der Waals surface area contributed by atoms with Gasteiger partial charge in [0.1, 0.15) is 11.4 Å². The van der Waals surface area contributed by atoms with Gasteiger partial charge >= 0.3 is 11.9 Å². The highest BCUT2D eigenvalue weighted by Crippen LogP contribution is 2.38. The maximum atomic E-state index is 14.4. The maximum Gasteiger partial charge on any atom is 0.340 e. The van der Waals surface area contributed by atoms with E-state index in [0.717, 1.165) is 0 Å². The summed E-state index contributed by atoms with van der Waals surface area (Å²) in [5.41, 5.74) is 1.39. The SMILES string of the molecule is CCOC(=O)c1c2c(n(C)c1CN1CCOCC1)C(=O)c1c(c(C(=O)OCC)c(CN3CCOCC3)n1C)C2=O. The molecule has 0 bridgehead atoms. The van der Waals surface area contributed by atoms with E-state index in [1.807, 2.05) is 0 Å². The molecule has 0 aromatic carbocycles. The van der Waals surface area contributed by atoms with Gasteiger partial charge in [-0.05, 0) is 13.8 Å². The second kappa shape index (κ2) is 11.7. The number of fused-ring (bicyclic) bond motifs is 2. The number of carbonyl (C=O) groups is 4. The first-order valence-corrected chi connectivity index (χ1v) is 13.8. The van der Waals surface area contributed by atoms with Crippen molar-refractivity contribution in [2.24, 2.45) is 14.1 Å². The van der Waals surface area contributed by atoms with Crippen molar-refractivity contribution in [2.75, 3.05) is 65.8 Å². The summed E-state index contributed by atoms with van der Waals surface area (Å²) in [6, 6.07) is 0. The highest BCUT2D eigenvalue weighted by Gasteiger charge is 2.45. The lowest BCUT2D eigenvalue weighted by Crippen LogP contribution is -2.36. The van der Waals surface area contributed by atoms with Crippen LogP contribution in [-0.2, 0) is 46.1 Å². The number of rotatable bonds is 8. The molecule has 4 heterocycles. The summed E-state index contributed by atoms with van der Waals surface area (Å²) in [6.45, 7) is 9.08. The maximum absolute atomic E-state index is 14.4. The number of ketones is 2. The fourth-order valence-corrected chi connectivity index (χ4v) is 5.84. The summed E-state index contributed by atoms with van der Waals surface area (Å²) in [4.78, 5) is 59.5. The van der Waals surface area contributed by atoms with Gasteiger partial charge in [0.05, 0.1) is 61.9 Å². The molecule has 0 atom stereocenters. The minimum absolute atomic E-state index is 0.0178. The second-order valence-electron chi connectivity index (χ2n) is 10.1. The Morgan fingerprint density at radius 2 is 1.05 bits per heavy atom. The Balaban J connectivity index is 1.68. The third-order valence-corrected chi connectivity index (χ3v) is 7.83. The van der Waals surface area contributed by atoms with Crippen LogP contribution in [0.1, 0.15) is 78.1 Å². The quantitative estimate of drug-likeness (QED) is 0.374. The molecule has 2 saturated heterocycles. The van der Waals surface area contributed by atoms with Crippen molar-refractivity contribution in [3.63, 3.8) is 0 Å². The van der Waals surface area contributed by atoms with Crippen LogP contribution >= 0.6 is 0 Å². The third kappa shape index (κ3) is 4.78. The Hall–Kier alpha value is -3.32. The van der Waals surface area contributed by atoms with E-state index in [1.54, 1.807) is 37.1 Å². The van der Waals surface area contributed by atoms with Gasteiger partial charge in [0.25, 0.3) is 0 Å². The highest BCUT2D eigenvalue weighted by atomic mass is 16.5. The van der Waals surface area contributed by atoms with Gasteiger partial charge in [-0.3, -0.25) is 19.4 Å². The van der Waals surface area contributed by atoms with E-state index in [-0.39, 0.29) is 46.9 Å². The van der Waals surface area contributed by atoms with Crippen molar-refractivity contribution in [1.82, 2.24) is 18.9 Å². The number of carbonyl (C=O) groups excluding carboxylic acids is 4. The number of nitrogens with zero attached hydrogens (tertiary/aromatic N) is 4. The number of morpholine rings is 2. The summed E-state index contributed by atoms with van der Waals surface area (Å²) in [5, 5.41) is 0. The molecule has 2 aromatic heterocycles. The average molecular weight is 557 g/mol. The van der Waals surface area contributed by atoms with Gasteiger partial charge in [0.15, 0.2) is 5.78 Å². The van der Waals surface area contributed by atoms with Gasteiger partial charge in [-0.1, -0.05) is 0 Å². The summed E-state index contributed by atoms with van der Waals surface area (Å²) < 4.78 is 25.0. The van der Waals surface area contributed by atoms with E-state index in [9.17, 15) is 19.2 Å². The number of aromatic nitrogens is 2. The largest absolute Gasteiger partial charge is 0.462 e. The van der Waals surface area contributed by atoms with Crippen molar-refractivity contribution < 1.29 is 38.1 Å². The lowest BCUT2D eigenvalue weighted by atomic mass is 9.87. The molecule has 0 unspecified atom stereocenters. The fraction of sp³-hybridized carbons (Fsp3) is 0.571. The molecule has 1 aliphatic carbocycles. The normalized spacial score (nSPS) is 18.0. The minimum Gasteiger partial charge on any atom is -0.462 e. The zero-order valence-electron chi connectivity index (χ0n) is 23.5. The van der Waals surface area contributed by atoms with E-state index < -0.39 is 23.5 Å². The predicted octanol–water partition coefficient (Wildman–Crippen LogP) is 1.16. The Morgan fingerprint density at radius 1 is 0.675 bits per heavy atom. The molecule has 12 heteroatoms. The molecule has 5 rings (SSSR count). The number of esters is 2. The zero-order chi connectivity index (χ0) is 28.6. The van der Waals surface area contributed by atoms with Crippen LogP contribution in [0.2, 0.25) is 0 Å². The average Bonchev–Trinajstić information content (AvgIpc) is 3.40. The van der Waals surface area contributed by atoms with E-state index >= 15 is 0 Å². The van der Waals surface area contributed by atoms with Crippen LogP contribution in [0.5, 0.6) is 0 Å². The first kappa shape index (κ1) is 28.2. The number of hydrogen-bond acceptors (Lipinski definition) is 10. The van der Waals surface area contributed by atoms with Crippen LogP contribution in [0.4, 0.5) is 0 Å². The van der Waals surface area contributed by atoms with Gasteiger partial charge in [0.2, 0.25) is 5.78 Å². The molecule has 40 heavy (non-hydrogen) atoms. The summed E-state index contributed by atoms with van der Waals surface area (Å²) in [7, 11) is 3.38. The van der Waals surface area contributed by atoms with Crippen LogP contribution in [-0.4, -0.2) is 108 Å². The van der Waals surface area contributed by atoms with Gasteiger partial charge in [-0.2, -0.15) is 0 Å². The van der Waals surface area contributed by atoms with Gasteiger partial charge in [-0.25, -0.2) is 9.59 Å². The van der Waals surface area contributed by atoms with E-state index in [2.05, 4.69) is 9.80 Å². The molecular weight excluding hydrogens is 520 g/mol. The molecule has 0 spiro atoms. The summed E-state index contributed by atoms with van der Waals surface area (Å²) in [5.74, 6) is -2.32. The lowest BCUT2D eigenvalue weighted by molar-refractivity contribution is 0.0326. The monoisotopic (exact) mass is 556 g/mol. The van der Waals surface area contributed by atoms with Crippen molar-refractivity contribution in [3.05, 3.63) is 45.0 Å². The van der Waals surface area contributed by atoms with Crippen LogP contribution in [0.25, 0.3) is 0 Å². The molecule has 0 N–H and O–H groups in total. The molecule has 0 radical (unpaired) electrons. The van der Waals surface area contributed by atoms with Gasteiger partial charge in [-0.15, -0.1) is 0 Å². The molecule has 0 saturated carbocycles. The van der Waals surface area contributed by atoms with E-state index in [0.29, 0.717) is 77.1 Å². The van der Waals surface area contributed by atoms with Crippen molar-refractivity contribution in [3.8, 4) is 0 Å². The second-order valence-corrected chi connectivity index (χ2v) is 10.1. The Labute approximate surface area is 232 Å². The van der Waals surface area contributed by atoms with Gasteiger partial charge < -0.3 is 28.1 Å². The summed E-state index contributed by atoms with van der Waals surface area (Å²) in [6.07, 6.45) is 0. The molecule has 2 aliphatic heterocycles. The number of hydrogen-bond donors (Lipinski definition) is 0. The molecule has 2 fully saturated rings. The first-order valence-electron chi connectivity index (χ1n) is 13.8. The molecule has 12 nitrogen and oxygen atoms in total. The molecule has 3 aliphatic rings. The van der Waals surface area contributed by atoms with Crippen molar-refractivity contribution in [2.45, 2.75) is 26.9 Å². The molecule has 216 valence electrons. The smallest absolute Gasteiger partial charge is 0.340 e.